The van der Waals surface area contributed by atoms with Gasteiger partial charge in [-0.15, -0.1) is 0 Å². The molecule has 1 aromatic carbocycles. The van der Waals surface area contributed by atoms with Crippen LogP contribution in [0.3, 0.4) is 0 Å². The lowest BCUT2D eigenvalue weighted by atomic mass is 10.0. The summed E-state index contributed by atoms with van der Waals surface area (Å²) in [5.41, 5.74) is 2.85. The van der Waals surface area contributed by atoms with Gasteiger partial charge >= 0.3 is 5.97 Å². The highest BCUT2D eigenvalue weighted by molar-refractivity contribution is 5.71. The largest absolute Gasteiger partial charge is 0.481 e. The molecular formula is C15H19NO2. The third kappa shape index (κ3) is 1.74. The van der Waals surface area contributed by atoms with E-state index in [1.54, 1.807) is 0 Å². The van der Waals surface area contributed by atoms with Gasteiger partial charge in [0.1, 0.15) is 0 Å². The summed E-state index contributed by atoms with van der Waals surface area (Å²) in [5.74, 6) is -0.839. The maximum atomic E-state index is 11.2. The maximum Gasteiger partial charge on any atom is 0.308 e. The number of carbonyl (C=O) groups is 1. The molecule has 0 spiro atoms. The van der Waals surface area contributed by atoms with E-state index in [1.807, 2.05) is 0 Å². The normalized spacial score (nSPS) is 31.5. The highest BCUT2D eigenvalue weighted by Gasteiger charge is 2.40. The van der Waals surface area contributed by atoms with Crippen molar-refractivity contribution in [2.45, 2.75) is 38.3 Å². The minimum atomic E-state index is -0.642. The lowest BCUT2D eigenvalue weighted by molar-refractivity contribution is -0.142. The average Bonchev–Trinajstić information content (AvgIpc) is 2.92. The molecule has 1 N–H and O–H groups in total. The van der Waals surface area contributed by atoms with E-state index in [0.717, 1.165) is 25.8 Å². The molecular weight excluding hydrogens is 226 g/mol. The molecule has 1 fully saturated rings. The third-order valence-corrected chi connectivity index (χ3v) is 4.62. The zero-order chi connectivity index (χ0) is 12.7. The van der Waals surface area contributed by atoms with Gasteiger partial charge in [0.15, 0.2) is 0 Å². The zero-order valence-corrected chi connectivity index (χ0v) is 10.7. The SMILES string of the molecule is CC1C(C(=O)O)CCN1C1CCc2ccccc21. The van der Waals surface area contributed by atoms with Gasteiger partial charge in [0.2, 0.25) is 0 Å². The molecule has 1 heterocycles. The van der Waals surface area contributed by atoms with Crippen molar-refractivity contribution in [2.75, 3.05) is 6.54 Å². The molecule has 0 aromatic heterocycles. The van der Waals surface area contributed by atoms with Crippen LogP contribution < -0.4 is 0 Å². The Kier molecular flexibility index (Phi) is 2.86. The predicted octanol–water partition coefficient (Wildman–Crippen LogP) is 2.47. The van der Waals surface area contributed by atoms with E-state index in [1.165, 1.54) is 11.1 Å². The average molecular weight is 245 g/mol. The topological polar surface area (TPSA) is 40.5 Å². The number of hydrogen-bond donors (Lipinski definition) is 1. The Morgan fingerprint density at radius 3 is 2.83 bits per heavy atom. The van der Waals surface area contributed by atoms with E-state index >= 15 is 0 Å². The lowest BCUT2D eigenvalue weighted by Crippen LogP contribution is -2.35. The van der Waals surface area contributed by atoms with Gasteiger partial charge in [0.05, 0.1) is 5.92 Å². The number of carboxylic acids is 1. The molecule has 3 nitrogen and oxygen atoms in total. The zero-order valence-electron chi connectivity index (χ0n) is 10.7. The monoisotopic (exact) mass is 245 g/mol. The van der Waals surface area contributed by atoms with E-state index in [2.05, 4.69) is 36.1 Å². The Bertz CT molecular complexity index is 471. The summed E-state index contributed by atoms with van der Waals surface area (Å²) in [5, 5.41) is 9.21. The molecule has 1 saturated heterocycles. The Balaban J connectivity index is 1.84. The molecule has 0 radical (unpaired) electrons. The van der Waals surface area contributed by atoms with Crippen molar-refractivity contribution >= 4 is 5.97 Å². The first-order valence-electron chi connectivity index (χ1n) is 6.75. The van der Waals surface area contributed by atoms with Crippen LogP contribution in [0.1, 0.15) is 36.9 Å². The van der Waals surface area contributed by atoms with Crippen molar-refractivity contribution in [3.05, 3.63) is 35.4 Å². The first-order valence-corrected chi connectivity index (χ1v) is 6.75. The van der Waals surface area contributed by atoms with Crippen molar-refractivity contribution in [2.24, 2.45) is 5.92 Å². The first-order chi connectivity index (χ1) is 8.68. The van der Waals surface area contributed by atoms with Gasteiger partial charge in [0.25, 0.3) is 0 Å². The molecule has 3 heteroatoms. The molecule has 3 atom stereocenters. The Morgan fingerprint density at radius 1 is 1.33 bits per heavy atom. The summed E-state index contributed by atoms with van der Waals surface area (Å²) in [6, 6.07) is 9.17. The molecule has 3 unspecified atom stereocenters. The van der Waals surface area contributed by atoms with E-state index < -0.39 is 5.97 Å². The second-order valence-corrected chi connectivity index (χ2v) is 5.47. The molecule has 96 valence electrons. The first kappa shape index (κ1) is 11.7. The number of benzene rings is 1. The number of likely N-dealkylation sites (tertiary alicyclic amines) is 1. The van der Waals surface area contributed by atoms with Gasteiger partial charge in [-0.2, -0.15) is 0 Å². The maximum absolute atomic E-state index is 11.2. The summed E-state index contributed by atoms with van der Waals surface area (Å²) in [4.78, 5) is 13.6. The Labute approximate surface area is 107 Å². The summed E-state index contributed by atoms with van der Waals surface area (Å²) in [6.45, 7) is 2.98. The van der Waals surface area contributed by atoms with Crippen LogP contribution in [0, 0.1) is 5.92 Å². The van der Waals surface area contributed by atoms with Crippen molar-refractivity contribution < 1.29 is 9.90 Å². The minimum absolute atomic E-state index is 0.152. The van der Waals surface area contributed by atoms with E-state index in [9.17, 15) is 9.90 Å². The number of fused-ring (bicyclic) bond motifs is 1. The predicted molar refractivity (Wildman–Crippen MR) is 69.4 cm³/mol. The smallest absolute Gasteiger partial charge is 0.308 e. The van der Waals surface area contributed by atoms with E-state index in [4.69, 9.17) is 0 Å². The van der Waals surface area contributed by atoms with Crippen molar-refractivity contribution in [1.82, 2.24) is 4.90 Å². The van der Waals surface area contributed by atoms with Gasteiger partial charge in [-0.05, 0) is 43.9 Å². The fourth-order valence-corrected chi connectivity index (χ4v) is 3.61. The number of aliphatic carboxylic acids is 1. The van der Waals surface area contributed by atoms with Crippen molar-refractivity contribution in [3.63, 3.8) is 0 Å². The van der Waals surface area contributed by atoms with Gasteiger partial charge in [-0.1, -0.05) is 24.3 Å². The highest BCUT2D eigenvalue weighted by Crippen LogP contribution is 2.40. The summed E-state index contributed by atoms with van der Waals surface area (Å²) < 4.78 is 0. The number of aryl methyl sites for hydroxylation is 1. The standard InChI is InChI=1S/C15H19NO2/c1-10-12(15(17)18)8-9-16(10)14-7-6-11-4-2-3-5-13(11)14/h2-5,10,12,14H,6-9H2,1H3,(H,17,18). The van der Waals surface area contributed by atoms with Gasteiger partial charge in [-0.3, -0.25) is 9.69 Å². The van der Waals surface area contributed by atoms with Crippen LogP contribution >= 0.6 is 0 Å². The molecule has 1 aliphatic heterocycles. The summed E-state index contributed by atoms with van der Waals surface area (Å²) in [6.07, 6.45) is 3.05. The highest BCUT2D eigenvalue weighted by atomic mass is 16.4. The molecule has 18 heavy (non-hydrogen) atoms. The molecule has 0 bridgehead atoms. The molecule has 0 amide bonds. The van der Waals surface area contributed by atoms with Crippen LogP contribution in [0.15, 0.2) is 24.3 Å². The fraction of sp³-hybridized carbons (Fsp3) is 0.533. The second-order valence-electron chi connectivity index (χ2n) is 5.47. The Hall–Kier alpha value is -1.35. The van der Waals surface area contributed by atoms with Crippen LogP contribution in [0.5, 0.6) is 0 Å². The summed E-state index contributed by atoms with van der Waals surface area (Å²) >= 11 is 0. The van der Waals surface area contributed by atoms with Crippen LogP contribution in [0.25, 0.3) is 0 Å². The van der Waals surface area contributed by atoms with Crippen LogP contribution in [-0.4, -0.2) is 28.6 Å². The van der Waals surface area contributed by atoms with Gasteiger partial charge in [0, 0.05) is 12.1 Å². The van der Waals surface area contributed by atoms with Crippen molar-refractivity contribution in [1.29, 1.82) is 0 Å². The van der Waals surface area contributed by atoms with E-state index in [-0.39, 0.29) is 12.0 Å². The number of rotatable bonds is 2. The Morgan fingerprint density at radius 2 is 2.11 bits per heavy atom. The second kappa shape index (κ2) is 4.39. The molecule has 1 aliphatic carbocycles. The third-order valence-electron chi connectivity index (χ3n) is 4.62. The molecule has 2 aliphatic rings. The van der Waals surface area contributed by atoms with Crippen LogP contribution in [-0.2, 0) is 11.2 Å². The summed E-state index contributed by atoms with van der Waals surface area (Å²) in [7, 11) is 0. The molecule has 0 saturated carbocycles. The molecule has 1 aromatic rings. The number of nitrogens with zero attached hydrogens (tertiary/aromatic N) is 1. The van der Waals surface area contributed by atoms with Crippen LogP contribution in [0.4, 0.5) is 0 Å². The molecule has 3 rings (SSSR count). The van der Waals surface area contributed by atoms with Gasteiger partial charge < -0.3 is 5.11 Å². The van der Waals surface area contributed by atoms with Crippen LogP contribution in [0.2, 0.25) is 0 Å². The fourth-order valence-electron chi connectivity index (χ4n) is 3.61. The van der Waals surface area contributed by atoms with Gasteiger partial charge in [-0.25, -0.2) is 0 Å². The number of hydrogen-bond acceptors (Lipinski definition) is 2. The number of carboxylic acid groups (broad SMARTS) is 1. The van der Waals surface area contributed by atoms with Crippen molar-refractivity contribution in [3.8, 4) is 0 Å². The quantitative estimate of drug-likeness (QED) is 0.870. The minimum Gasteiger partial charge on any atom is -0.481 e. The van der Waals surface area contributed by atoms with E-state index in [0.29, 0.717) is 6.04 Å². The lowest BCUT2D eigenvalue weighted by Gasteiger charge is -2.30.